The van der Waals surface area contributed by atoms with Gasteiger partial charge in [0, 0.05) is 5.56 Å². The highest BCUT2D eigenvalue weighted by atomic mass is 16.3. The van der Waals surface area contributed by atoms with E-state index in [1.54, 1.807) is 12.5 Å². The third kappa shape index (κ3) is 1.59. The van der Waals surface area contributed by atoms with Gasteiger partial charge in [0.25, 0.3) is 0 Å². The summed E-state index contributed by atoms with van der Waals surface area (Å²) in [6.45, 7) is 1.94. The number of hydrogen-bond acceptors (Lipinski definition) is 3. The fraction of sp³-hybridized carbons (Fsp3) is 0.273. The Bertz CT molecular complexity index is 389. The van der Waals surface area contributed by atoms with Crippen LogP contribution in [0.2, 0.25) is 0 Å². The molecule has 0 saturated heterocycles. The second-order valence-corrected chi connectivity index (χ2v) is 3.23. The van der Waals surface area contributed by atoms with Crippen molar-refractivity contribution in [1.29, 1.82) is 0 Å². The molecule has 1 N–H and O–H groups in total. The minimum absolute atomic E-state index is 0.0717. The smallest absolute Gasteiger partial charge is 0.125 e. The van der Waals surface area contributed by atoms with Gasteiger partial charge in [0.1, 0.15) is 11.5 Å². The van der Waals surface area contributed by atoms with E-state index in [1.165, 1.54) is 0 Å². The first kappa shape index (κ1) is 9.09. The molecule has 0 fully saturated rings. The van der Waals surface area contributed by atoms with Crippen LogP contribution in [0, 0.1) is 6.92 Å². The molecule has 2 aromatic heterocycles. The van der Waals surface area contributed by atoms with Crippen LogP contribution in [0.5, 0.6) is 0 Å². The SMILES string of the molecule is CNC(c1ccoc1)c1ccc(C)o1. The molecule has 0 amide bonds. The van der Waals surface area contributed by atoms with Crippen LogP contribution in [0.15, 0.2) is 39.6 Å². The summed E-state index contributed by atoms with van der Waals surface area (Å²) in [6, 6.07) is 5.94. The lowest BCUT2D eigenvalue weighted by atomic mass is 10.1. The lowest BCUT2D eigenvalue weighted by Crippen LogP contribution is -2.16. The summed E-state index contributed by atoms with van der Waals surface area (Å²) in [5, 5.41) is 3.18. The van der Waals surface area contributed by atoms with Crippen molar-refractivity contribution in [3.63, 3.8) is 0 Å². The second kappa shape index (κ2) is 3.72. The summed E-state index contributed by atoms with van der Waals surface area (Å²) in [5.41, 5.74) is 1.07. The average molecular weight is 191 g/mol. The van der Waals surface area contributed by atoms with Gasteiger partial charge in [0.05, 0.1) is 18.6 Å². The van der Waals surface area contributed by atoms with Crippen molar-refractivity contribution in [1.82, 2.24) is 5.32 Å². The van der Waals surface area contributed by atoms with Crippen LogP contribution in [0.3, 0.4) is 0 Å². The molecule has 0 saturated carbocycles. The zero-order valence-electron chi connectivity index (χ0n) is 8.28. The van der Waals surface area contributed by atoms with E-state index in [0.29, 0.717) is 0 Å². The minimum atomic E-state index is 0.0717. The molecule has 2 heterocycles. The van der Waals surface area contributed by atoms with Gasteiger partial charge in [0.15, 0.2) is 0 Å². The van der Waals surface area contributed by atoms with Crippen LogP contribution in [0.1, 0.15) is 23.1 Å². The van der Waals surface area contributed by atoms with Gasteiger partial charge in [-0.1, -0.05) is 0 Å². The first-order chi connectivity index (χ1) is 6.81. The molecular formula is C11H13NO2. The Morgan fingerprint density at radius 1 is 1.29 bits per heavy atom. The molecule has 0 radical (unpaired) electrons. The number of furan rings is 2. The first-order valence-corrected chi connectivity index (χ1v) is 4.57. The summed E-state index contributed by atoms with van der Waals surface area (Å²) >= 11 is 0. The maximum Gasteiger partial charge on any atom is 0.125 e. The minimum Gasteiger partial charge on any atom is -0.472 e. The molecule has 0 aromatic carbocycles. The highest BCUT2D eigenvalue weighted by Crippen LogP contribution is 2.23. The zero-order valence-corrected chi connectivity index (χ0v) is 8.28. The number of nitrogens with one attached hydrogen (secondary N) is 1. The second-order valence-electron chi connectivity index (χ2n) is 3.23. The predicted molar refractivity (Wildman–Crippen MR) is 53.1 cm³/mol. The number of rotatable bonds is 3. The van der Waals surface area contributed by atoms with Crippen LogP contribution in [-0.2, 0) is 0 Å². The van der Waals surface area contributed by atoms with E-state index in [9.17, 15) is 0 Å². The van der Waals surface area contributed by atoms with Gasteiger partial charge < -0.3 is 14.2 Å². The van der Waals surface area contributed by atoms with Crippen LogP contribution in [0.25, 0.3) is 0 Å². The Hall–Kier alpha value is -1.48. The Balaban J connectivity index is 2.31. The van der Waals surface area contributed by atoms with Crippen molar-refractivity contribution in [3.8, 4) is 0 Å². The fourth-order valence-electron chi connectivity index (χ4n) is 1.52. The first-order valence-electron chi connectivity index (χ1n) is 4.57. The zero-order chi connectivity index (χ0) is 9.97. The third-order valence-corrected chi connectivity index (χ3v) is 2.21. The largest absolute Gasteiger partial charge is 0.472 e. The normalized spacial score (nSPS) is 13.0. The van der Waals surface area contributed by atoms with Crippen LogP contribution in [0.4, 0.5) is 0 Å². The van der Waals surface area contributed by atoms with E-state index in [1.807, 2.05) is 32.2 Å². The standard InChI is InChI=1S/C11H13NO2/c1-8-3-4-10(14-8)11(12-2)9-5-6-13-7-9/h3-7,11-12H,1-2H3. The van der Waals surface area contributed by atoms with Crippen molar-refractivity contribution in [3.05, 3.63) is 47.8 Å². The number of aryl methyl sites for hydroxylation is 1. The molecule has 0 aliphatic heterocycles. The highest BCUT2D eigenvalue weighted by molar-refractivity contribution is 5.23. The van der Waals surface area contributed by atoms with E-state index in [0.717, 1.165) is 17.1 Å². The van der Waals surface area contributed by atoms with Gasteiger partial charge in [-0.25, -0.2) is 0 Å². The van der Waals surface area contributed by atoms with E-state index < -0.39 is 0 Å². The summed E-state index contributed by atoms with van der Waals surface area (Å²) < 4.78 is 10.6. The third-order valence-electron chi connectivity index (χ3n) is 2.21. The number of hydrogen-bond donors (Lipinski definition) is 1. The lowest BCUT2D eigenvalue weighted by molar-refractivity contribution is 0.441. The molecule has 3 nitrogen and oxygen atoms in total. The molecule has 2 aromatic rings. The molecule has 1 unspecified atom stereocenters. The van der Waals surface area contributed by atoms with Crippen molar-refractivity contribution >= 4 is 0 Å². The van der Waals surface area contributed by atoms with Crippen molar-refractivity contribution in [2.24, 2.45) is 0 Å². The van der Waals surface area contributed by atoms with Gasteiger partial charge in [-0.05, 0) is 32.2 Å². The van der Waals surface area contributed by atoms with Crippen LogP contribution in [-0.4, -0.2) is 7.05 Å². The molecule has 0 bridgehead atoms. The Morgan fingerprint density at radius 2 is 2.14 bits per heavy atom. The molecule has 2 rings (SSSR count). The molecule has 74 valence electrons. The van der Waals surface area contributed by atoms with E-state index in [2.05, 4.69) is 5.32 Å². The highest BCUT2D eigenvalue weighted by Gasteiger charge is 2.15. The maximum absolute atomic E-state index is 5.56. The predicted octanol–water partition coefficient (Wildman–Crippen LogP) is 2.49. The Kier molecular flexibility index (Phi) is 2.41. The molecule has 0 aliphatic carbocycles. The molecule has 0 aliphatic rings. The molecule has 1 atom stereocenters. The van der Waals surface area contributed by atoms with Crippen molar-refractivity contribution < 1.29 is 8.83 Å². The van der Waals surface area contributed by atoms with E-state index in [-0.39, 0.29) is 6.04 Å². The van der Waals surface area contributed by atoms with Gasteiger partial charge in [-0.15, -0.1) is 0 Å². The van der Waals surface area contributed by atoms with Crippen molar-refractivity contribution in [2.75, 3.05) is 7.05 Å². The summed E-state index contributed by atoms with van der Waals surface area (Å²) in [6.07, 6.45) is 3.38. The van der Waals surface area contributed by atoms with Gasteiger partial charge in [0.2, 0.25) is 0 Å². The van der Waals surface area contributed by atoms with E-state index in [4.69, 9.17) is 8.83 Å². The lowest BCUT2D eigenvalue weighted by Gasteiger charge is -2.10. The molecule has 14 heavy (non-hydrogen) atoms. The molecule has 0 spiro atoms. The summed E-state index contributed by atoms with van der Waals surface area (Å²) in [5.74, 6) is 1.83. The maximum atomic E-state index is 5.56. The van der Waals surface area contributed by atoms with Gasteiger partial charge in [-0.3, -0.25) is 0 Å². The Labute approximate surface area is 82.7 Å². The van der Waals surface area contributed by atoms with Crippen LogP contribution >= 0.6 is 0 Å². The molecule has 3 heteroatoms. The van der Waals surface area contributed by atoms with E-state index >= 15 is 0 Å². The monoisotopic (exact) mass is 191 g/mol. The quantitative estimate of drug-likeness (QED) is 0.810. The summed E-state index contributed by atoms with van der Waals surface area (Å²) in [7, 11) is 1.90. The van der Waals surface area contributed by atoms with Crippen molar-refractivity contribution in [2.45, 2.75) is 13.0 Å². The van der Waals surface area contributed by atoms with Gasteiger partial charge in [-0.2, -0.15) is 0 Å². The fourth-order valence-corrected chi connectivity index (χ4v) is 1.52. The van der Waals surface area contributed by atoms with Crippen LogP contribution < -0.4 is 5.32 Å². The summed E-state index contributed by atoms with van der Waals surface area (Å²) in [4.78, 5) is 0. The molecular weight excluding hydrogens is 178 g/mol. The topological polar surface area (TPSA) is 38.3 Å². The average Bonchev–Trinajstić information content (AvgIpc) is 2.79. The Morgan fingerprint density at radius 3 is 2.64 bits per heavy atom. The van der Waals surface area contributed by atoms with Gasteiger partial charge >= 0.3 is 0 Å².